The number of aryl methyl sites for hydroxylation is 2. The Hall–Kier alpha value is -2.71. The second kappa shape index (κ2) is 9.67. The van der Waals surface area contributed by atoms with E-state index in [0.717, 1.165) is 11.1 Å². The summed E-state index contributed by atoms with van der Waals surface area (Å²) < 4.78 is 32.0. The van der Waals surface area contributed by atoms with Crippen LogP contribution in [0.5, 0.6) is 0 Å². The lowest BCUT2D eigenvalue weighted by atomic mass is 10.1. The maximum atomic E-state index is 12.2. The molecule has 0 aliphatic rings. The van der Waals surface area contributed by atoms with Gasteiger partial charge < -0.3 is 10.1 Å². The molecule has 0 fully saturated rings. The van der Waals surface area contributed by atoms with Crippen molar-refractivity contribution in [2.24, 2.45) is 0 Å². The van der Waals surface area contributed by atoms with E-state index in [1.54, 1.807) is 6.92 Å². The third-order valence-electron chi connectivity index (χ3n) is 4.21. The van der Waals surface area contributed by atoms with Gasteiger partial charge in [0.25, 0.3) is 5.91 Å². The van der Waals surface area contributed by atoms with Crippen molar-refractivity contribution in [1.82, 2.24) is 4.72 Å². The summed E-state index contributed by atoms with van der Waals surface area (Å²) in [6.07, 6.45) is 0.661. The fourth-order valence-electron chi connectivity index (χ4n) is 2.64. The van der Waals surface area contributed by atoms with Gasteiger partial charge in [-0.05, 0) is 74.7 Å². The van der Waals surface area contributed by atoms with Crippen LogP contribution in [0.15, 0.2) is 47.4 Å². The third-order valence-corrected chi connectivity index (χ3v) is 5.81. The maximum absolute atomic E-state index is 12.2. The molecule has 1 atom stereocenters. The molecular formula is C21H26N2O5S. The smallest absolute Gasteiger partial charge is 0.338 e. The minimum Gasteiger partial charge on any atom is -0.452 e. The van der Waals surface area contributed by atoms with E-state index in [9.17, 15) is 18.0 Å². The molecule has 0 spiro atoms. The summed E-state index contributed by atoms with van der Waals surface area (Å²) in [7, 11) is -3.65. The molecule has 156 valence electrons. The maximum Gasteiger partial charge on any atom is 0.338 e. The molecule has 0 radical (unpaired) electrons. The molecule has 0 unspecified atom stereocenters. The molecule has 0 bridgehead atoms. The number of carbonyl (C=O) groups excluding carboxylic acids is 2. The number of benzene rings is 2. The predicted molar refractivity (Wildman–Crippen MR) is 111 cm³/mol. The van der Waals surface area contributed by atoms with Gasteiger partial charge in [0.2, 0.25) is 10.0 Å². The lowest BCUT2D eigenvalue weighted by molar-refractivity contribution is -0.119. The van der Waals surface area contributed by atoms with Crippen molar-refractivity contribution < 1.29 is 22.7 Å². The van der Waals surface area contributed by atoms with Crippen LogP contribution in [0.25, 0.3) is 0 Å². The lowest BCUT2D eigenvalue weighted by Crippen LogP contribution is -2.32. The summed E-state index contributed by atoms with van der Waals surface area (Å²) in [5.74, 6) is -1.17. The lowest BCUT2D eigenvalue weighted by Gasteiger charge is -2.12. The first kappa shape index (κ1) is 22.6. The highest BCUT2D eigenvalue weighted by molar-refractivity contribution is 7.89. The van der Waals surface area contributed by atoms with Gasteiger partial charge in [0.1, 0.15) is 0 Å². The number of amides is 1. The van der Waals surface area contributed by atoms with Crippen LogP contribution in [0.1, 0.15) is 41.8 Å². The molecule has 0 aliphatic heterocycles. The second-order valence-electron chi connectivity index (χ2n) is 6.96. The highest BCUT2D eigenvalue weighted by Gasteiger charge is 2.18. The molecule has 0 aromatic heterocycles. The number of hydrogen-bond donors (Lipinski definition) is 2. The second-order valence-corrected chi connectivity index (χ2v) is 8.67. The first-order valence-electron chi connectivity index (χ1n) is 9.28. The van der Waals surface area contributed by atoms with E-state index in [2.05, 4.69) is 10.0 Å². The van der Waals surface area contributed by atoms with Gasteiger partial charge in [0.15, 0.2) is 6.61 Å². The van der Waals surface area contributed by atoms with Crippen LogP contribution in [0, 0.1) is 13.8 Å². The average molecular weight is 419 g/mol. The van der Waals surface area contributed by atoms with E-state index in [1.165, 1.54) is 24.3 Å². The topological polar surface area (TPSA) is 102 Å². The first-order valence-corrected chi connectivity index (χ1v) is 10.8. The highest BCUT2D eigenvalue weighted by Crippen LogP contribution is 2.14. The number of esters is 1. The number of anilines is 1. The Morgan fingerprint density at radius 1 is 1.03 bits per heavy atom. The number of ether oxygens (including phenoxy) is 1. The van der Waals surface area contributed by atoms with Gasteiger partial charge in [0, 0.05) is 11.7 Å². The van der Waals surface area contributed by atoms with E-state index in [1.807, 2.05) is 39.0 Å². The first-order chi connectivity index (χ1) is 13.6. The zero-order valence-electron chi connectivity index (χ0n) is 17.0. The molecule has 2 aromatic carbocycles. The van der Waals surface area contributed by atoms with Gasteiger partial charge in [-0.2, -0.15) is 0 Å². The Morgan fingerprint density at radius 3 is 2.17 bits per heavy atom. The minimum absolute atomic E-state index is 0.0573. The fraction of sp³-hybridized carbons (Fsp3) is 0.333. The van der Waals surface area contributed by atoms with E-state index in [4.69, 9.17) is 4.74 Å². The molecule has 2 aromatic rings. The van der Waals surface area contributed by atoms with Gasteiger partial charge in [-0.1, -0.05) is 13.0 Å². The molecule has 29 heavy (non-hydrogen) atoms. The number of carbonyl (C=O) groups is 2. The van der Waals surface area contributed by atoms with Crippen molar-refractivity contribution in [2.45, 2.75) is 45.1 Å². The molecule has 2 N–H and O–H groups in total. The molecule has 7 nitrogen and oxygen atoms in total. The summed E-state index contributed by atoms with van der Waals surface area (Å²) >= 11 is 0. The predicted octanol–water partition coefficient (Wildman–Crippen LogP) is 3.18. The van der Waals surface area contributed by atoms with Crippen LogP contribution in [0.4, 0.5) is 5.69 Å². The quantitative estimate of drug-likeness (QED) is 0.641. The van der Waals surface area contributed by atoms with Crippen LogP contribution in [0.2, 0.25) is 0 Å². The van der Waals surface area contributed by atoms with Crippen LogP contribution >= 0.6 is 0 Å². The summed E-state index contributed by atoms with van der Waals surface area (Å²) in [5, 5.41) is 2.68. The molecule has 2 rings (SSSR count). The number of rotatable bonds is 8. The normalized spacial score (nSPS) is 12.3. The Labute approximate surface area is 171 Å². The van der Waals surface area contributed by atoms with Crippen LogP contribution in [0.3, 0.4) is 0 Å². The molecule has 8 heteroatoms. The standard InChI is InChI=1S/C21H26N2O5S/c1-5-16(4)23-29(26,27)19-8-6-17(7-9-19)21(25)28-13-20(24)22-18-11-14(2)10-15(3)12-18/h6-12,16,23H,5,13H2,1-4H3,(H,22,24)/t16-/m0/s1. The van der Waals surface area contributed by atoms with Crippen molar-refractivity contribution >= 4 is 27.6 Å². The third kappa shape index (κ3) is 6.69. The molecule has 0 saturated heterocycles. The fourth-order valence-corrected chi connectivity index (χ4v) is 3.97. The molecule has 0 saturated carbocycles. The van der Waals surface area contributed by atoms with E-state index >= 15 is 0 Å². The molecule has 1 amide bonds. The summed E-state index contributed by atoms with van der Waals surface area (Å²) in [5.41, 5.74) is 2.81. The van der Waals surface area contributed by atoms with E-state index < -0.39 is 28.5 Å². The number of sulfonamides is 1. The van der Waals surface area contributed by atoms with Crippen LogP contribution < -0.4 is 10.0 Å². The van der Waals surface area contributed by atoms with Gasteiger partial charge >= 0.3 is 5.97 Å². The Kier molecular flexibility index (Phi) is 7.53. The van der Waals surface area contributed by atoms with Gasteiger partial charge in [-0.25, -0.2) is 17.9 Å². The summed E-state index contributed by atoms with van der Waals surface area (Å²) in [6, 6.07) is 10.8. The van der Waals surface area contributed by atoms with Crippen molar-refractivity contribution in [3.8, 4) is 0 Å². The Bertz CT molecular complexity index is 964. The van der Waals surface area contributed by atoms with Crippen molar-refractivity contribution in [1.29, 1.82) is 0 Å². The van der Waals surface area contributed by atoms with Crippen molar-refractivity contribution in [3.05, 3.63) is 59.2 Å². The minimum atomic E-state index is -3.65. The SMILES string of the molecule is CC[C@H](C)NS(=O)(=O)c1ccc(C(=O)OCC(=O)Nc2cc(C)cc(C)c2)cc1. The van der Waals surface area contributed by atoms with Gasteiger partial charge in [0.05, 0.1) is 10.5 Å². The van der Waals surface area contributed by atoms with E-state index in [-0.39, 0.29) is 16.5 Å². The van der Waals surface area contributed by atoms with Crippen molar-refractivity contribution in [3.63, 3.8) is 0 Å². The van der Waals surface area contributed by atoms with Gasteiger partial charge in [-0.15, -0.1) is 0 Å². The molecule has 0 aliphatic carbocycles. The van der Waals surface area contributed by atoms with Gasteiger partial charge in [-0.3, -0.25) is 4.79 Å². The number of nitrogens with one attached hydrogen (secondary N) is 2. The molecular weight excluding hydrogens is 392 g/mol. The summed E-state index contributed by atoms with van der Waals surface area (Å²) in [4.78, 5) is 24.2. The Balaban J connectivity index is 1.94. The van der Waals surface area contributed by atoms with Crippen molar-refractivity contribution in [2.75, 3.05) is 11.9 Å². The van der Waals surface area contributed by atoms with Crippen LogP contribution in [-0.4, -0.2) is 32.9 Å². The monoisotopic (exact) mass is 418 g/mol. The number of hydrogen-bond acceptors (Lipinski definition) is 5. The average Bonchev–Trinajstić information content (AvgIpc) is 2.65. The molecule has 0 heterocycles. The largest absolute Gasteiger partial charge is 0.452 e. The zero-order chi connectivity index (χ0) is 21.6. The Morgan fingerprint density at radius 2 is 1.62 bits per heavy atom. The summed E-state index contributed by atoms with van der Waals surface area (Å²) in [6.45, 7) is 7.05. The van der Waals surface area contributed by atoms with E-state index in [0.29, 0.717) is 12.1 Å². The zero-order valence-corrected chi connectivity index (χ0v) is 17.8. The highest BCUT2D eigenvalue weighted by atomic mass is 32.2. The van der Waals surface area contributed by atoms with Crippen LogP contribution in [-0.2, 0) is 19.6 Å².